The number of carbonyl (C=O) groups excluding carboxylic acids is 2. The highest BCUT2D eigenvalue weighted by atomic mass is 16.5. The second-order valence-corrected chi connectivity index (χ2v) is 8.42. The highest BCUT2D eigenvalue weighted by Gasteiger charge is 2.41. The van der Waals surface area contributed by atoms with Crippen LogP contribution in [0.15, 0.2) is 48.5 Å². The summed E-state index contributed by atoms with van der Waals surface area (Å²) >= 11 is 0. The van der Waals surface area contributed by atoms with Crippen LogP contribution >= 0.6 is 0 Å². The Balaban J connectivity index is 1.42. The van der Waals surface area contributed by atoms with Gasteiger partial charge in [-0.3, -0.25) is 4.79 Å². The molecule has 2 aromatic rings. The summed E-state index contributed by atoms with van der Waals surface area (Å²) in [4.78, 5) is 38.5. The van der Waals surface area contributed by atoms with E-state index in [4.69, 9.17) is 4.74 Å². The molecule has 2 aliphatic carbocycles. The number of carboxylic acids is 1. The second-order valence-electron chi connectivity index (χ2n) is 8.42. The molecular formula is C25H28N2O5. The van der Waals surface area contributed by atoms with Crippen molar-refractivity contribution in [2.75, 3.05) is 6.61 Å². The molecule has 0 saturated heterocycles. The predicted octanol–water partition coefficient (Wildman–Crippen LogP) is 3.77. The van der Waals surface area contributed by atoms with Crippen molar-refractivity contribution >= 4 is 18.0 Å². The van der Waals surface area contributed by atoms with E-state index in [1.807, 2.05) is 36.4 Å². The predicted molar refractivity (Wildman–Crippen MR) is 119 cm³/mol. The summed E-state index contributed by atoms with van der Waals surface area (Å²) in [6, 6.07) is 14.3. The fourth-order valence-electron chi connectivity index (χ4n) is 4.46. The third-order valence-corrected chi connectivity index (χ3v) is 6.31. The molecule has 0 spiro atoms. The van der Waals surface area contributed by atoms with E-state index < -0.39 is 24.1 Å². The maximum absolute atomic E-state index is 13.0. The zero-order valence-electron chi connectivity index (χ0n) is 18.3. The average Bonchev–Trinajstić information content (AvgIpc) is 3.58. The van der Waals surface area contributed by atoms with Crippen LogP contribution in [-0.2, 0) is 14.3 Å². The molecule has 7 heteroatoms. The summed E-state index contributed by atoms with van der Waals surface area (Å²) < 4.78 is 5.55. The SMILES string of the molecule is CC[C@H](NC(=O)OCC1c2ccccc2-c2ccccc21)C(=O)N(C1CC1)C(C)C(=O)O. The standard InChI is InChI=1S/C25H28N2O5/c1-3-22(23(28)27(16-12-13-16)15(2)24(29)30)26-25(31)32-14-21-19-10-6-4-8-17(19)18-9-5-7-11-20(18)21/h4-11,15-16,21-22H,3,12-14H2,1-2H3,(H,26,31)(H,29,30)/t15?,22-/m0/s1. The van der Waals surface area contributed by atoms with Crippen molar-refractivity contribution in [2.45, 2.75) is 57.2 Å². The molecule has 1 fully saturated rings. The van der Waals surface area contributed by atoms with Crippen LogP contribution in [0.4, 0.5) is 4.79 Å². The van der Waals surface area contributed by atoms with Crippen LogP contribution in [0.25, 0.3) is 11.1 Å². The Hall–Kier alpha value is -3.35. The average molecular weight is 437 g/mol. The zero-order valence-corrected chi connectivity index (χ0v) is 18.3. The molecule has 0 aliphatic heterocycles. The number of hydrogen-bond donors (Lipinski definition) is 2. The van der Waals surface area contributed by atoms with E-state index in [0.717, 1.165) is 35.1 Å². The Kier molecular flexibility index (Phi) is 6.17. The molecule has 0 aromatic heterocycles. The van der Waals surface area contributed by atoms with Gasteiger partial charge in [0.15, 0.2) is 0 Å². The Morgan fingerprint density at radius 1 is 1.06 bits per heavy atom. The molecule has 0 radical (unpaired) electrons. The van der Waals surface area contributed by atoms with Crippen molar-refractivity contribution in [2.24, 2.45) is 0 Å². The second kappa shape index (κ2) is 9.02. The Morgan fingerprint density at radius 3 is 2.12 bits per heavy atom. The lowest BCUT2D eigenvalue weighted by Gasteiger charge is -2.30. The summed E-state index contributed by atoms with van der Waals surface area (Å²) in [5.74, 6) is -1.50. The van der Waals surface area contributed by atoms with Crippen LogP contribution in [0, 0.1) is 0 Å². The number of nitrogens with zero attached hydrogens (tertiary/aromatic N) is 1. The minimum Gasteiger partial charge on any atom is -0.480 e. The third-order valence-electron chi connectivity index (χ3n) is 6.31. The Morgan fingerprint density at radius 2 is 1.62 bits per heavy atom. The van der Waals surface area contributed by atoms with Crippen LogP contribution in [-0.4, -0.2) is 52.7 Å². The van der Waals surface area contributed by atoms with Crippen molar-refractivity contribution in [3.05, 3.63) is 59.7 Å². The number of aliphatic carboxylic acids is 1. The van der Waals surface area contributed by atoms with Gasteiger partial charge in [0.1, 0.15) is 18.7 Å². The van der Waals surface area contributed by atoms with Gasteiger partial charge in [-0.1, -0.05) is 55.5 Å². The molecule has 2 aliphatic rings. The van der Waals surface area contributed by atoms with Gasteiger partial charge in [-0.2, -0.15) is 0 Å². The van der Waals surface area contributed by atoms with Gasteiger partial charge in [0.2, 0.25) is 5.91 Å². The summed E-state index contributed by atoms with van der Waals surface area (Å²) in [7, 11) is 0. The van der Waals surface area contributed by atoms with Gasteiger partial charge in [-0.25, -0.2) is 9.59 Å². The van der Waals surface area contributed by atoms with Gasteiger partial charge in [-0.05, 0) is 48.4 Å². The van der Waals surface area contributed by atoms with Gasteiger partial charge in [0, 0.05) is 12.0 Å². The van der Waals surface area contributed by atoms with E-state index in [2.05, 4.69) is 17.4 Å². The number of fused-ring (bicyclic) bond motifs is 3. The maximum atomic E-state index is 13.0. The van der Waals surface area contributed by atoms with Crippen molar-refractivity contribution < 1.29 is 24.2 Å². The van der Waals surface area contributed by atoms with Crippen LogP contribution in [0.1, 0.15) is 50.2 Å². The molecule has 2 atom stereocenters. The number of rotatable bonds is 8. The largest absolute Gasteiger partial charge is 0.480 e. The molecule has 2 N–H and O–H groups in total. The fraction of sp³-hybridized carbons (Fsp3) is 0.400. The molecule has 7 nitrogen and oxygen atoms in total. The molecule has 4 rings (SSSR count). The monoisotopic (exact) mass is 436 g/mol. The first-order valence-electron chi connectivity index (χ1n) is 11.1. The highest BCUT2D eigenvalue weighted by molar-refractivity contribution is 5.89. The lowest BCUT2D eigenvalue weighted by molar-refractivity contribution is -0.150. The fourth-order valence-corrected chi connectivity index (χ4v) is 4.46. The van der Waals surface area contributed by atoms with Crippen molar-refractivity contribution in [3.8, 4) is 11.1 Å². The molecule has 2 aromatic carbocycles. The zero-order chi connectivity index (χ0) is 22.8. The lowest BCUT2D eigenvalue weighted by atomic mass is 9.98. The number of carbonyl (C=O) groups is 3. The number of nitrogens with one attached hydrogen (secondary N) is 1. The van der Waals surface area contributed by atoms with Crippen LogP contribution in [0.5, 0.6) is 0 Å². The molecule has 2 amide bonds. The third kappa shape index (κ3) is 4.20. The maximum Gasteiger partial charge on any atom is 0.407 e. The summed E-state index contributed by atoms with van der Waals surface area (Å²) in [6.07, 6.45) is 1.24. The number of benzene rings is 2. The topological polar surface area (TPSA) is 95.9 Å². The number of carboxylic acid groups (broad SMARTS) is 1. The van der Waals surface area contributed by atoms with E-state index in [1.165, 1.54) is 11.8 Å². The summed E-state index contributed by atoms with van der Waals surface area (Å²) in [5, 5.41) is 12.0. The van der Waals surface area contributed by atoms with E-state index in [1.54, 1.807) is 6.92 Å². The van der Waals surface area contributed by atoms with Crippen LogP contribution < -0.4 is 5.32 Å². The first-order valence-corrected chi connectivity index (χ1v) is 11.1. The number of ether oxygens (including phenoxy) is 1. The Bertz CT molecular complexity index is 987. The molecule has 1 unspecified atom stereocenters. The number of amides is 2. The van der Waals surface area contributed by atoms with Crippen molar-refractivity contribution in [1.29, 1.82) is 0 Å². The molecule has 0 bridgehead atoms. The van der Waals surface area contributed by atoms with Crippen molar-refractivity contribution in [3.63, 3.8) is 0 Å². The van der Waals surface area contributed by atoms with Crippen molar-refractivity contribution in [1.82, 2.24) is 10.2 Å². The highest BCUT2D eigenvalue weighted by Crippen LogP contribution is 2.44. The quantitative estimate of drug-likeness (QED) is 0.657. The van der Waals surface area contributed by atoms with E-state index in [0.29, 0.717) is 6.42 Å². The smallest absolute Gasteiger partial charge is 0.407 e. The lowest BCUT2D eigenvalue weighted by Crippen LogP contribution is -2.53. The molecular weight excluding hydrogens is 408 g/mol. The molecule has 32 heavy (non-hydrogen) atoms. The van der Waals surface area contributed by atoms with Gasteiger partial charge in [-0.15, -0.1) is 0 Å². The normalized spacial score (nSPS) is 16.4. The van der Waals surface area contributed by atoms with Gasteiger partial charge >= 0.3 is 12.1 Å². The minimum atomic E-state index is -1.05. The van der Waals surface area contributed by atoms with E-state index >= 15 is 0 Å². The van der Waals surface area contributed by atoms with E-state index in [-0.39, 0.29) is 24.5 Å². The molecule has 1 saturated carbocycles. The van der Waals surface area contributed by atoms with Gasteiger partial charge in [0.05, 0.1) is 0 Å². The molecule has 168 valence electrons. The van der Waals surface area contributed by atoms with E-state index in [9.17, 15) is 19.5 Å². The summed E-state index contributed by atoms with van der Waals surface area (Å²) in [5.41, 5.74) is 4.50. The number of hydrogen-bond acceptors (Lipinski definition) is 4. The van der Waals surface area contributed by atoms with Gasteiger partial charge in [0.25, 0.3) is 0 Å². The summed E-state index contributed by atoms with van der Waals surface area (Å²) in [6.45, 7) is 3.43. The Labute approximate surface area is 187 Å². The molecule has 0 heterocycles. The first kappa shape index (κ1) is 21.9. The first-order chi connectivity index (χ1) is 15.4. The number of alkyl carbamates (subject to hydrolysis) is 1. The van der Waals surface area contributed by atoms with Crippen LogP contribution in [0.2, 0.25) is 0 Å². The van der Waals surface area contributed by atoms with Gasteiger partial charge < -0.3 is 20.1 Å². The minimum absolute atomic E-state index is 0.0704. The van der Waals surface area contributed by atoms with Crippen LogP contribution in [0.3, 0.4) is 0 Å².